The van der Waals surface area contributed by atoms with Crippen molar-refractivity contribution in [2.24, 2.45) is 5.73 Å². The summed E-state index contributed by atoms with van der Waals surface area (Å²) in [6.07, 6.45) is 7.71. The lowest BCUT2D eigenvalue weighted by molar-refractivity contribution is 0.325. The van der Waals surface area contributed by atoms with Crippen LogP contribution in [-0.2, 0) is 0 Å². The molecular formula is C16H20FN3O. The summed E-state index contributed by atoms with van der Waals surface area (Å²) in [5, 5.41) is 0. The Morgan fingerprint density at radius 1 is 1.29 bits per heavy atom. The number of methoxy groups -OCH3 is 1. The molecule has 0 amide bonds. The third-order valence-corrected chi connectivity index (χ3v) is 4.22. The number of ether oxygens (including phenoxy) is 1. The molecule has 1 aliphatic rings. The summed E-state index contributed by atoms with van der Waals surface area (Å²) in [4.78, 5) is 4.35. The molecule has 0 saturated heterocycles. The summed E-state index contributed by atoms with van der Waals surface area (Å²) in [7, 11) is 1.53. The SMILES string of the molecule is COc1ccc(-c2nccn2C2CCC(N)CC2)c(F)c1. The van der Waals surface area contributed by atoms with E-state index in [1.165, 1.54) is 13.2 Å². The third kappa shape index (κ3) is 2.78. The summed E-state index contributed by atoms with van der Waals surface area (Å²) >= 11 is 0. The lowest BCUT2D eigenvalue weighted by Gasteiger charge is -2.28. The van der Waals surface area contributed by atoms with Crippen molar-refractivity contribution in [2.75, 3.05) is 7.11 Å². The number of benzene rings is 1. The summed E-state index contributed by atoms with van der Waals surface area (Å²) in [5.74, 6) is 0.878. The third-order valence-electron chi connectivity index (χ3n) is 4.22. The number of hydrogen-bond donors (Lipinski definition) is 1. The van der Waals surface area contributed by atoms with Gasteiger partial charge >= 0.3 is 0 Å². The van der Waals surface area contributed by atoms with Gasteiger partial charge in [0.05, 0.1) is 12.7 Å². The van der Waals surface area contributed by atoms with E-state index in [9.17, 15) is 4.39 Å². The Kier molecular flexibility index (Phi) is 3.92. The van der Waals surface area contributed by atoms with Crippen molar-refractivity contribution in [1.29, 1.82) is 0 Å². The number of halogens is 1. The molecule has 2 N–H and O–H groups in total. The molecule has 0 radical (unpaired) electrons. The highest BCUT2D eigenvalue weighted by Gasteiger charge is 2.23. The molecule has 0 unspecified atom stereocenters. The van der Waals surface area contributed by atoms with E-state index in [4.69, 9.17) is 10.5 Å². The van der Waals surface area contributed by atoms with E-state index in [-0.39, 0.29) is 5.82 Å². The first-order chi connectivity index (χ1) is 10.2. The molecule has 112 valence electrons. The average molecular weight is 289 g/mol. The van der Waals surface area contributed by atoms with Gasteiger partial charge < -0.3 is 15.0 Å². The molecule has 5 heteroatoms. The number of hydrogen-bond acceptors (Lipinski definition) is 3. The number of rotatable bonds is 3. The summed E-state index contributed by atoms with van der Waals surface area (Å²) < 4.78 is 21.4. The van der Waals surface area contributed by atoms with Crippen molar-refractivity contribution < 1.29 is 9.13 Å². The van der Waals surface area contributed by atoms with Gasteiger partial charge in [0.1, 0.15) is 17.4 Å². The Morgan fingerprint density at radius 3 is 2.71 bits per heavy atom. The van der Waals surface area contributed by atoms with Gasteiger partial charge in [-0.1, -0.05) is 0 Å². The first-order valence-electron chi connectivity index (χ1n) is 7.31. The van der Waals surface area contributed by atoms with Crippen molar-refractivity contribution in [3.8, 4) is 17.1 Å². The molecule has 0 aliphatic heterocycles. The quantitative estimate of drug-likeness (QED) is 0.944. The van der Waals surface area contributed by atoms with Crippen LogP contribution < -0.4 is 10.5 Å². The fourth-order valence-corrected chi connectivity index (χ4v) is 3.00. The number of nitrogens with two attached hydrogens (primary N) is 1. The van der Waals surface area contributed by atoms with Gasteiger partial charge in [-0.2, -0.15) is 0 Å². The average Bonchev–Trinajstić information content (AvgIpc) is 2.97. The minimum atomic E-state index is -0.311. The van der Waals surface area contributed by atoms with E-state index in [2.05, 4.69) is 9.55 Å². The van der Waals surface area contributed by atoms with Crippen LogP contribution in [0.4, 0.5) is 4.39 Å². The van der Waals surface area contributed by atoms with Gasteiger partial charge in [0.2, 0.25) is 0 Å². The lowest BCUT2D eigenvalue weighted by Crippen LogP contribution is -2.27. The van der Waals surface area contributed by atoms with Crippen LogP contribution in [0.15, 0.2) is 30.6 Å². The standard InChI is InChI=1S/C16H20FN3O/c1-21-13-6-7-14(15(17)10-13)16-19-8-9-20(16)12-4-2-11(18)3-5-12/h6-12H,2-5,18H2,1H3. The molecule has 1 saturated carbocycles. The highest BCUT2D eigenvalue weighted by Crippen LogP contribution is 2.33. The largest absolute Gasteiger partial charge is 0.497 e. The minimum Gasteiger partial charge on any atom is -0.497 e. The zero-order chi connectivity index (χ0) is 14.8. The van der Waals surface area contributed by atoms with Crippen LogP contribution in [0.25, 0.3) is 11.4 Å². The molecular weight excluding hydrogens is 269 g/mol. The molecule has 0 spiro atoms. The van der Waals surface area contributed by atoms with Gasteiger partial charge in [0.15, 0.2) is 0 Å². The van der Waals surface area contributed by atoms with Crippen molar-refractivity contribution >= 4 is 0 Å². The molecule has 1 heterocycles. The summed E-state index contributed by atoms with van der Waals surface area (Å²) in [6.45, 7) is 0. The zero-order valence-electron chi connectivity index (χ0n) is 12.1. The highest BCUT2D eigenvalue weighted by molar-refractivity contribution is 5.58. The zero-order valence-corrected chi connectivity index (χ0v) is 12.1. The monoisotopic (exact) mass is 289 g/mol. The van der Waals surface area contributed by atoms with E-state index < -0.39 is 0 Å². The van der Waals surface area contributed by atoms with Gasteiger partial charge in [-0.3, -0.25) is 0 Å². The molecule has 2 aromatic rings. The first-order valence-corrected chi connectivity index (χ1v) is 7.31. The Morgan fingerprint density at radius 2 is 2.05 bits per heavy atom. The minimum absolute atomic E-state index is 0.297. The molecule has 4 nitrogen and oxygen atoms in total. The van der Waals surface area contributed by atoms with Crippen LogP contribution >= 0.6 is 0 Å². The van der Waals surface area contributed by atoms with E-state index in [1.54, 1.807) is 18.3 Å². The van der Waals surface area contributed by atoms with E-state index in [0.717, 1.165) is 25.7 Å². The Labute approximate surface area is 123 Å². The van der Waals surface area contributed by atoms with Crippen LogP contribution in [0.1, 0.15) is 31.7 Å². The summed E-state index contributed by atoms with van der Waals surface area (Å²) in [5.41, 5.74) is 6.47. The maximum atomic E-state index is 14.3. The van der Waals surface area contributed by atoms with Crippen LogP contribution in [0.2, 0.25) is 0 Å². The van der Waals surface area contributed by atoms with Crippen LogP contribution in [0.5, 0.6) is 5.75 Å². The second kappa shape index (κ2) is 5.85. The molecule has 1 fully saturated rings. The molecule has 1 aromatic carbocycles. The van der Waals surface area contributed by atoms with Gasteiger partial charge in [-0.05, 0) is 37.8 Å². The van der Waals surface area contributed by atoms with Crippen molar-refractivity contribution in [1.82, 2.24) is 9.55 Å². The highest BCUT2D eigenvalue weighted by atomic mass is 19.1. The molecule has 1 aliphatic carbocycles. The molecule has 21 heavy (non-hydrogen) atoms. The maximum absolute atomic E-state index is 14.3. The normalized spacial score (nSPS) is 22.2. The molecule has 1 aromatic heterocycles. The van der Waals surface area contributed by atoms with Crippen LogP contribution in [0, 0.1) is 5.82 Å². The second-order valence-corrected chi connectivity index (χ2v) is 5.57. The smallest absolute Gasteiger partial charge is 0.143 e. The Balaban J connectivity index is 1.92. The van der Waals surface area contributed by atoms with E-state index in [1.807, 2.05) is 6.20 Å². The van der Waals surface area contributed by atoms with Crippen molar-refractivity contribution in [3.05, 3.63) is 36.4 Å². The van der Waals surface area contributed by atoms with Crippen molar-refractivity contribution in [2.45, 2.75) is 37.8 Å². The number of aromatic nitrogens is 2. The van der Waals surface area contributed by atoms with E-state index in [0.29, 0.717) is 29.2 Å². The topological polar surface area (TPSA) is 53.1 Å². The van der Waals surface area contributed by atoms with E-state index >= 15 is 0 Å². The molecule has 0 bridgehead atoms. The van der Waals surface area contributed by atoms with Gasteiger partial charge in [-0.15, -0.1) is 0 Å². The molecule has 3 rings (SSSR count). The van der Waals surface area contributed by atoms with Gasteiger partial charge in [0.25, 0.3) is 0 Å². The lowest BCUT2D eigenvalue weighted by atomic mass is 9.91. The fraction of sp³-hybridized carbons (Fsp3) is 0.438. The Hall–Kier alpha value is -1.88. The molecule has 0 atom stereocenters. The predicted octanol–water partition coefficient (Wildman–Crippen LogP) is 3.14. The van der Waals surface area contributed by atoms with Crippen LogP contribution in [0.3, 0.4) is 0 Å². The summed E-state index contributed by atoms with van der Waals surface area (Å²) in [6, 6.07) is 5.52. The Bertz CT molecular complexity index is 618. The van der Waals surface area contributed by atoms with Gasteiger partial charge in [-0.25, -0.2) is 9.37 Å². The fourth-order valence-electron chi connectivity index (χ4n) is 3.00. The second-order valence-electron chi connectivity index (χ2n) is 5.57. The number of imidazole rings is 1. The number of nitrogens with zero attached hydrogens (tertiary/aromatic N) is 2. The first kappa shape index (κ1) is 14.1. The maximum Gasteiger partial charge on any atom is 0.143 e. The van der Waals surface area contributed by atoms with Crippen LogP contribution in [-0.4, -0.2) is 22.7 Å². The van der Waals surface area contributed by atoms with Crippen molar-refractivity contribution in [3.63, 3.8) is 0 Å². The predicted molar refractivity (Wildman–Crippen MR) is 79.7 cm³/mol. The van der Waals surface area contributed by atoms with Gasteiger partial charge in [0, 0.05) is 30.5 Å².